The highest BCUT2D eigenvalue weighted by Gasteiger charge is 2.03. The first kappa shape index (κ1) is 23.2. The smallest absolute Gasteiger partial charge is 0.0302 e. The van der Waals surface area contributed by atoms with E-state index < -0.39 is 0 Å². The number of nitrogens with zero attached hydrogens (tertiary/aromatic N) is 1. The Hall–Kier alpha value is -0.850. The molecule has 0 N–H and O–H groups in total. The summed E-state index contributed by atoms with van der Waals surface area (Å²) in [5.41, 5.74) is 3.08. The second-order valence-electron chi connectivity index (χ2n) is 8.09. The Labute approximate surface area is 164 Å². The summed E-state index contributed by atoms with van der Waals surface area (Å²) in [6.45, 7) is 4.58. The van der Waals surface area contributed by atoms with Crippen molar-refractivity contribution in [2.24, 2.45) is 0 Å². The molecule has 150 valence electrons. The molecule has 1 aromatic rings. The zero-order valence-electron chi connectivity index (χ0n) is 17.9. The summed E-state index contributed by atoms with van der Waals surface area (Å²) in [6, 6.07) is 2.27. The molecule has 1 heteroatoms. The van der Waals surface area contributed by atoms with Crippen molar-refractivity contribution in [2.75, 3.05) is 0 Å². The zero-order valence-corrected chi connectivity index (χ0v) is 17.9. The van der Waals surface area contributed by atoms with Crippen molar-refractivity contribution in [1.82, 2.24) is 4.98 Å². The monoisotopic (exact) mass is 359 g/mol. The van der Waals surface area contributed by atoms with Crippen molar-refractivity contribution in [3.63, 3.8) is 0 Å². The first-order valence-corrected chi connectivity index (χ1v) is 11.8. The summed E-state index contributed by atoms with van der Waals surface area (Å²) in [5.74, 6) is 0. The number of aromatic nitrogens is 1. The molecule has 0 unspecified atom stereocenters. The summed E-state index contributed by atoms with van der Waals surface area (Å²) in [6.07, 6.45) is 29.0. The predicted octanol–water partition coefficient (Wildman–Crippen LogP) is 8.45. The lowest BCUT2D eigenvalue weighted by atomic mass is 9.98. The van der Waals surface area contributed by atoms with Gasteiger partial charge in [-0.25, -0.2) is 0 Å². The second-order valence-corrected chi connectivity index (χ2v) is 8.09. The Morgan fingerprint density at radius 1 is 0.538 bits per heavy atom. The van der Waals surface area contributed by atoms with E-state index in [4.69, 9.17) is 0 Å². The number of hydrogen-bond donors (Lipinski definition) is 0. The van der Waals surface area contributed by atoms with E-state index in [0.717, 1.165) is 0 Å². The maximum Gasteiger partial charge on any atom is 0.0302 e. The molecule has 0 aliphatic carbocycles. The quantitative estimate of drug-likeness (QED) is 0.240. The van der Waals surface area contributed by atoms with Gasteiger partial charge in [0.1, 0.15) is 0 Å². The minimum atomic E-state index is 1.23. The molecule has 1 nitrogen and oxygen atoms in total. The molecule has 0 aromatic carbocycles. The van der Waals surface area contributed by atoms with Crippen molar-refractivity contribution in [1.29, 1.82) is 0 Å². The van der Waals surface area contributed by atoms with Crippen LogP contribution in [0.15, 0.2) is 18.5 Å². The Bertz CT molecular complexity index is 373. The predicted molar refractivity (Wildman–Crippen MR) is 117 cm³/mol. The van der Waals surface area contributed by atoms with Crippen LogP contribution in [0.1, 0.15) is 128 Å². The van der Waals surface area contributed by atoms with Gasteiger partial charge in [0, 0.05) is 12.4 Å². The van der Waals surface area contributed by atoms with Gasteiger partial charge in [-0.1, -0.05) is 104 Å². The first-order valence-electron chi connectivity index (χ1n) is 11.8. The fourth-order valence-corrected chi connectivity index (χ4v) is 3.82. The molecule has 0 saturated carbocycles. The van der Waals surface area contributed by atoms with E-state index in [2.05, 4.69) is 31.1 Å². The third-order valence-electron chi connectivity index (χ3n) is 5.60. The van der Waals surface area contributed by atoms with Crippen LogP contribution in [0, 0.1) is 0 Å². The van der Waals surface area contributed by atoms with Crippen molar-refractivity contribution < 1.29 is 0 Å². The van der Waals surface area contributed by atoms with Crippen LogP contribution in [0.5, 0.6) is 0 Å². The highest BCUT2D eigenvalue weighted by Crippen LogP contribution is 2.17. The Balaban J connectivity index is 2.10. The van der Waals surface area contributed by atoms with E-state index in [9.17, 15) is 0 Å². The molecule has 26 heavy (non-hydrogen) atoms. The second kappa shape index (κ2) is 17.6. The largest absolute Gasteiger partial charge is 0.264 e. The number of rotatable bonds is 18. The maximum atomic E-state index is 4.38. The van der Waals surface area contributed by atoms with Crippen LogP contribution in [0.4, 0.5) is 0 Å². The van der Waals surface area contributed by atoms with Gasteiger partial charge < -0.3 is 0 Å². The lowest BCUT2D eigenvalue weighted by molar-refractivity contribution is 0.570. The topological polar surface area (TPSA) is 12.9 Å². The average molecular weight is 360 g/mol. The van der Waals surface area contributed by atoms with Crippen molar-refractivity contribution >= 4 is 0 Å². The standard InChI is InChI=1S/C25H45N/c1-3-5-7-9-11-13-15-17-19-24-21-22-26-23-25(24)20-18-16-14-12-10-8-6-4-2/h21-23H,3-20H2,1-2H3. The molecule has 1 heterocycles. The number of hydrogen-bond acceptors (Lipinski definition) is 1. The number of unbranched alkanes of at least 4 members (excludes halogenated alkanes) is 14. The van der Waals surface area contributed by atoms with Crippen LogP contribution >= 0.6 is 0 Å². The molecule has 0 amide bonds. The number of aryl methyl sites for hydroxylation is 2. The SMILES string of the molecule is CCCCCCCCCCc1ccncc1CCCCCCCCCC. The van der Waals surface area contributed by atoms with Gasteiger partial charge in [0.05, 0.1) is 0 Å². The molecule has 0 aliphatic heterocycles. The van der Waals surface area contributed by atoms with Crippen LogP contribution in [0.25, 0.3) is 0 Å². The summed E-state index contributed by atoms with van der Waals surface area (Å²) in [5, 5.41) is 0. The first-order chi connectivity index (χ1) is 12.9. The third kappa shape index (κ3) is 12.5. The lowest BCUT2D eigenvalue weighted by Gasteiger charge is -2.09. The van der Waals surface area contributed by atoms with E-state index in [1.165, 1.54) is 121 Å². The van der Waals surface area contributed by atoms with Crippen molar-refractivity contribution in [2.45, 2.75) is 129 Å². The van der Waals surface area contributed by atoms with E-state index in [-0.39, 0.29) is 0 Å². The summed E-state index contributed by atoms with van der Waals surface area (Å²) in [7, 11) is 0. The van der Waals surface area contributed by atoms with Gasteiger partial charge >= 0.3 is 0 Å². The van der Waals surface area contributed by atoms with Crippen molar-refractivity contribution in [3.05, 3.63) is 29.6 Å². The Kier molecular flexibility index (Phi) is 15.7. The molecular weight excluding hydrogens is 314 g/mol. The van der Waals surface area contributed by atoms with Crippen LogP contribution in [-0.4, -0.2) is 4.98 Å². The molecule has 0 aliphatic rings. The Morgan fingerprint density at radius 2 is 0.962 bits per heavy atom. The lowest BCUT2D eigenvalue weighted by Crippen LogP contribution is -1.96. The minimum absolute atomic E-state index is 1.23. The molecule has 0 spiro atoms. The highest BCUT2D eigenvalue weighted by molar-refractivity contribution is 5.23. The van der Waals surface area contributed by atoms with Crippen LogP contribution in [0.3, 0.4) is 0 Å². The van der Waals surface area contributed by atoms with Gasteiger partial charge in [0.2, 0.25) is 0 Å². The zero-order chi connectivity index (χ0) is 18.7. The van der Waals surface area contributed by atoms with E-state index in [1.54, 1.807) is 5.56 Å². The Morgan fingerprint density at radius 3 is 1.46 bits per heavy atom. The third-order valence-corrected chi connectivity index (χ3v) is 5.60. The average Bonchev–Trinajstić information content (AvgIpc) is 2.67. The highest BCUT2D eigenvalue weighted by atomic mass is 14.6. The van der Waals surface area contributed by atoms with Crippen LogP contribution in [-0.2, 0) is 12.8 Å². The summed E-state index contributed by atoms with van der Waals surface area (Å²) >= 11 is 0. The minimum Gasteiger partial charge on any atom is -0.264 e. The van der Waals surface area contributed by atoms with Gasteiger partial charge in [0.15, 0.2) is 0 Å². The van der Waals surface area contributed by atoms with Gasteiger partial charge in [-0.05, 0) is 42.9 Å². The summed E-state index contributed by atoms with van der Waals surface area (Å²) < 4.78 is 0. The van der Waals surface area contributed by atoms with Gasteiger partial charge in [-0.2, -0.15) is 0 Å². The fraction of sp³-hybridized carbons (Fsp3) is 0.800. The molecule has 0 fully saturated rings. The molecule has 0 radical (unpaired) electrons. The number of pyridine rings is 1. The summed E-state index contributed by atoms with van der Waals surface area (Å²) in [4.78, 5) is 4.38. The van der Waals surface area contributed by atoms with E-state index in [0.29, 0.717) is 0 Å². The van der Waals surface area contributed by atoms with E-state index >= 15 is 0 Å². The maximum absolute atomic E-state index is 4.38. The van der Waals surface area contributed by atoms with E-state index in [1.807, 2.05) is 6.20 Å². The molecule has 0 atom stereocenters. The van der Waals surface area contributed by atoms with Crippen LogP contribution in [0.2, 0.25) is 0 Å². The van der Waals surface area contributed by atoms with Gasteiger partial charge in [-0.15, -0.1) is 0 Å². The molecule has 0 saturated heterocycles. The van der Waals surface area contributed by atoms with Crippen LogP contribution < -0.4 is 0 Å². The van der Waals surface area contributed by atoms with Crippen molar-refractivity contribution in [3.8, 4) is 0 Å². The molecule has 0 bridgehead atoms. The molecule has 1 rings (SSSR count). The fourth-order valence-electron chi connectivity index (χ4n) is 3.82. The van der Waals surface area contributed by atoms with Gasteiger partial charge in [-0.3, -0.25) is 4.98 Å². The van der Waals surface area contributed by atoms with Gasteiger partial charge in [0.25, 0.3) is 0 Å². The molecular formula is C25H45N. The molecule has 1 aromatic heterocycles. The normalized spacial score (nSPS) is 11.2.